The highest BCUT2D eigenvalue weighted by Crippen LogP contribution is 2.59. The third-order valence-corrected chi connectivity index (χ3v) is 6.68. The van der Waals surface area contributed by atoms with Crippen molar-refractivity contribution in [3.8, 4) is 0 Å². The van der Waals surface area contributed by atoms with Crippen LogP contribution >= 0.6 is 46.4 Å². The molecule has 100 valence electrons. The number of carbonyl (C=O) groups is 2. The van der Waals surface area contributed by atoms with Crippen molar-refractivity contribution in [3.63, 3.8) is 0 Å². The van der Waals surface area contributed by atoms with Gasteiger partial charge in [0.2, 0.25) is 0 Å². The Morgan fingerprint density at radius 3 is 1.39 bits per heavy atom. The van der Waals surface area contributed by atoms with E-state index in [9.17, 15) is 9.59 Å². The first-order valence-corrected chi connectivity index (χ1v) is 7.63. The zero-order valence-electron chi connectivity index (χ0n) is 9.47. The molecule has 0 amide bonds. The van der Waals surface area contributed by atoms with Gasteiger partial charge in [-0.25, -0.2) is 0 Å². The third kappa shape index (κ3) is 1.55. The second-order valence-corrected chi connectivity index (χ2v) is 8.33. The Morgan fingerprint density at radius 1 is 0.722 bits per heavy atom. The summed E-state index contributed by atoms with van der Waals surface area (Å²) < 4.78 is -2.49. The number of fused-ring (bicyclic) bond motifs is 2. The highest BCUT2D eigenvalue weighted by Gasteiger charge is 2.65. The van der Waals surface area contributed by atoms with E-state index in [1.165, 1.54) is 0 Å². The molecule has 2 nitrogen and oxygen atoms in total. The minimum atomic E-state index is -1.25. The summed E-state index contributed by atoms with van der Waals surface area (Å²) in [5.74, 6) is -0.392. The second kappa shape index (κ2) is 4.00. The quantitative estimate of drug-likeness (QED) is 0.637. The summed E-state index contributed by atoms with van der Waals surface area (Å²) in [7, 11) is 0. The molecule has 0 unspecified atom stereocenters. The van der Waals surface area contributed by atoms with Crippen molar-refractivity contribution in [2.45, 2.75) is 34.3 Å². The van der Waals surface area contributed by atoms with Gasteiger partial charge in [0.25, 0.3) is 0 Å². The van der Waals surface area contributed by atoms with Crippen LogP contribution in [0.15, 0.2) is 0 Å². The summed E-state index contributed by atoms with van der Waals surface area (Å²) in [6.45, 7) is 0. The van der Waals surface area contributed by atoms with E-state index in [-0.39, 0.29) is 35.2 Å². The van der Waals surface area contributed by atoms with Crippen molar-refractivity contribution < 1.29 is 9.59 Å². The fourth-order valence-electron chi connectivity index (χ4n) is 3.69. The van der Waals surface area contributed by atoms with Crippen LogP contribution in [0.25, 0.3) is 0 Å². The lowest BCUT2D eigenvalue weighted by molar-refractivity contribution is -0.142. The predicted molar refractivity (Wildman–Crippen MR) is 71.3 cm³/mol. The molecule has 0 radical (unpaired) electrons. The molecule has 0 aliphatic heterocycles. The van der Waals surface area contributed by atoms with Crippen molar-refractivity contribution in [3.05, 3.63) is 0 Å². The van der Waals surface area contributed by atoms with Crippen molar-refractivity contribution in [2.75, 3.05) is 0 Å². The summed E-state index contributed by atoms with van der Waals surface area (Å²) in [5, 5.41) is 0. The molecule has 3 rings (SSSR count). The molecule has 0 spiro atoms. The number of halogens is 4. The van der Waals surface area contributed by atoms with E-state index < -0.39 is 8.67 Å². The summed E-state index contributed by atoms with van der Waals surface area (Å²) in [5.41, 5.74) is 0. The van der Waals surface area contributed by atoms with Crippen LogP contribution in [0.1, 0.15) is 25.7 Å². The SMILES string of the molecule is O=C1[C@@H]2CC[C@H]3[C@@H](CC[C@@H]2C1(Cl)Cl)C(=O)C3(Cl)Cl. The monoisotopic (exact) mass is 328 g/mol. The normalized spacial score (nSPS) is 44.9. The van der Waals surface area contributed by atoms with Crippen LogP contribution < -0.4 is 0 Å². The minimum Gasteiger partial charge on any atom is -0.296 e. The van der Waals surface area contributed by atoms with E-state index in [1.807, 2.05) is 0 Å². The number of carbonyl (C=O) groups excluding carboxylic acids is 2. The van der Waals surface area contributed by atoms with Crippen LogP contribution in [-0.4, -0.2) is 20.2 Å². The number of Topliss-reactive ketones (excluding diaryl/α,β-unsaturated/α-hetero) is 2. The topological polar surface area (TPSA) is 34.1 Å². The largest absolute Gasteiger partial charge is 0.296 e. The van der Waals surface area contributed by atoms with Crippen molar-refractivity contribution in [1.29, 1.82) is 0 Å². The zero-order valence-corrected chi connectivity index (χ0v) is 12.5. The molecule has 0 aromatic heterocycles. The molecule has 0 N–H and O–H groups in total. The molecule has 0 heterocycles. The predicted octanol–water partition coefficient (Wildman–Crippen LogP) is 3.54. The average Bonchev–Trinajstić information content (AvgIpc) is 2.28. The van der Waals surface area contributed by atoms with Gasteiger partial charge in [0.1, 0.15) is 0 Å². The highest BCUT2D eigenvalue weighted by atomic mass is 35.5. The van der Waals surface area contributed by atoms with Crippen LogP contribution in [-0.2, 0) is 9.59 Å². The van der Waals surface area contributed by atoms with Crippen molar-refractivity contribution in [2.24, 2.45) is 23.7 Å². The van der Waals surface area contributed by atoms with Gasteiger partial charge in [0.15, 0.2) is 20.2 Å². The number of hydrogen-bond donors (Lipinski definition) is 0. The van der Waals surface area contributed by atoms with Crippen LogP contribution in [0.5, 0.6) is 0 Å². The molecule has 0 aromatic carbocycles. The molecule has 6 heteroatoms. The van der Waals surface area contributed by atoms with E-state index in [4.69, 9.17) is 46.4 Å². The molecule has 18 heavy (non-hydrogen) atoms. The molecule has 0 aromatic rings. The second-order valence-electron chi connectivity index (χ2n) is 5.56. The van der Waals surface area contributed by atoms with Gasteiger partial charge < -0.3 is 0 Å². The summed E-state index contributed by atoms with van der Waals surface area (Å²) in [6, 6.07) is 0. The number of hydrogen-bond acceptors (Lipinski definition) is 2. The van der Waals surface area contributed by atoms with E-state index in [1.54, 1.807) is 0 Å². The van der Waals surface area contributed by atoms with Crippen LogP contribution in [0.3, 0.4) is 0 Å². The lowest BCUT2D eigenvalue weighted by Crippen LogP contribution is -2.61. The highest BCUT2D eigenvalue weighted by molar-refractivity contribution is 6.61. The van der Waals surface area contributed by atoms with E-state index in [0.29, 0.717) is 25.7 Å². The molecule has 3 saturated carbocycles. The lowest BCUT2D eigenvalue weighted by atomic mass is 9.58. The molecule has 3 aliphatic carbocycles. The van der Waals surface area contributed by atoms with Crippen LogP contribution in [0.4, 0.5) is 0 Å². The average molecular weight is 330 g/mol. The maximum atomic E-state index is 11.8. The smallest absolute Gasteiger partial charge is 0.179 e. The molecular weight excluding hydrogens is 318 g/mol. The maximum absolute atomic E-state index is 11.8. The molecule has 0 saturated heterocycles. The molecule has 3 fully saturated rings. The fourth-order valence-corrected chi connectivity index (χ4v) is 5.29. The summed E-state index contributed by atoms with van der Waals surface area (Å²) in [4.78, 5) is 23.6. The van der Waals surface area contributed by atoms with Crippen LogP contribution in [0, 0.1) is 23.7 Å². The number of alkyl halides is 4. The van der Waals surface area contributed by atoms with Crippen molar-refractivity contribution >= 4 is 58.0 Å². The third-order valence-electron chi connectivity index (χ3n) is 4.81. The Bertz CT molecular complexity index is 392. The number of rotatable bonds is 0. The van der Waals surface area contributed by atoms with E-state index >= 15 is 0 Å². The zero-order chi connectivity index (χ0) is 13.3. The Kier molecular flexibility index (Phi) is 3.00. The standard InChI is InChI=1S/C12H12Cl4O2/c13-11(14)7-3-1-5-8(12(15,16)9(5)17)4-2-6(7)10(11)18/h5-8H,1-4H2/t5-,6-,7+,8+/m1/s1. The van der Waals surface area contributed by atoms with E-state index in [0.717, 1.165) is 0 Å². The van der Waals surface area contributed by atoms with Crippen molar-refractivity contribution in [1.82, 2.24) is 0 Å². The molecular formula is C12H12Cl4O2. The Hall–Kier alpha value is 0.500. The first kappa shape index (κ1) is 13.5. The van der Waals surface area contributed by atoms with Gasteiger partial charge in [0, 0.05) is 23.7 Å². The van der Waals surface area contributed by atoms with Gasteiger partial charge in [-0.1, -0.05) is 46.4 Å². The van der Waals surface area contributed by atoms with Gasteiger partial charge >= 0.3 is 0 Å². The van der Waals surface area contributed by atoms with Crippen LogP contribution in [0.2, 0.25) is 0 Å². The van der Waals surface area contributed by atoms with E-state index in [2.05, 4.69) is 0 Å². The molecule has 4 atom stereocenters. The molecule has 3 aliphatic rings. The van der Waals surface area contributed by atoms with Gasteiger partial charge in [-0.2, -0.15) is 0 Å². The Labute approximate surface area is 125 Å². The minimum absolute atomic E-state index is 0.0252. The fraction of sp³-hybridized carbons (Fsp3) is 0.833. The first-order chi connectivity index (χ1) is 8.28. The van der Waals surface area contributed by atoms with Gasteiger partial charge in [-0.05, 0) is 25.7 Å². The Balaban J connectivity index is 1.78. The van der Waals surface area contributed by atoms with Gasteiger partial charge in [0.05, 0.1) is 0 Å². The van der Waals surface area contributed by atoms with Gasteiger partial charge in [-0.3, -0.25) is 9.59 Å². The maximum Gasteiger partial charge on any atom is 0.179 e. The summed E-state index contributed by atoms with van der Waals surface area (Å²) in [6.07, 6.45) is 2.75. The summed E-state index contributed by atoms with van der Waals surface area (Å²) >= 11 is 24.1. The molecule has 0 bridgehead atoms. The van der Waals surface area contributed by atoms with Gasteiger partial charge in [-0.15, -0.1) is 0 Å². The number of ketones is 2. The Morgan fingerprint density at radius 2 is 1.06 bits per heavy atom. The lowest BCUT2D eigenvalue weighted by Gasteiger charge is -2.53. The first-order valence-electron chi connectivity index (χ1n) is 6.12.